The number of aromatic nitrogens is 2. The maximum atomic E-state index is 5.51. The lowest BCUT2D eigenvalue weighted by Gasteiger charge is -2.13. The smallest absolute Gasteiger partial charge is 0.142 e. The molecular formula is C15H19N3O. The van der Waals surface area contributed by atoms with Crippen LogP contribution >= 0.6 is 0 Å². The highest BCUT2D eigenvalue weighted by Gasteiger charge is 2.11. The summed E-state index contributed by atoms with van der Waals surface area (Å²) in [5.41, 5.74) is 4.22. The predicted octanol–water partition coefficient (Wildman–Crippen LogP) is 2.49. The van der Waals surface area contributed by atoms with Crippen molar-refractivity contribution >= 4 is 0 Å². The van der Waals surface area contributed by atoms with Gasteiger partial charge in [0, 0.05) is 11.8 Å². The van der Waals surface area contributed by atoms with Gasteiger partial charge < -0.3 is 10.1 Å². The molecule has 4 heteroatoms. The third-order valence-corrected chi connectivity index (χ3v) is 2.94. The standard InChI is InChI=1S/C15H19N3O/c1-10-7-11(2)15(19-4)12(8-10)13-5-6-17-14(18-13)9-16-3/h5-8,16H,9H2,1-4H3. The first-order valence-corrected chi connectivity index (χ1v) is 6.28. The summed E-state index contributed by atoms with van der Waals surface area (Å²) in [6, 6.07) is 6.12. The van der Waals surface area contributed by atoms with Crippen LogP contribution in [0.25, 0.3) is 11.3 Å². The molecule has 1 heterocycles. The first kappa shape index (κ1) is 13.5. The summed E-state index contributed by atoms with van der Waals surface area (Å²) < 4.78 is 5.51. The second-order valence-corrected chi connectivity index (χ2v) is 4.55. The number of ether oxygens (including phenoxy) is 1. The number of nitrogens with zero attached hydrogens (tertiary/aromatic N) is 2. The molecule has 0 spiro atoms. The Bertz CT molecular complexity index is 582. The van der Waals surface area contributed by atoms with Crippen molar-refractivity contribution in [1.82, 2.24) is 15.3 Å². The Morgan fingerprint density at radius 3 is 2.74 bits per heavy atom. The Kier molecular flexibility index (Phi) is 4.12. The van der Waals surface area contributed by atoms with Crippen LogP contribution in [0.4, 0.5) is 0 Å². The van der Waals surface area contributed by atoms with Gasteiger partial charge in [0.25, 0.3) is 0 Å². The molecule has 19 heavy (non-hydrogen) atoms. The van der Waals surface area contributed by atoms with Gasteiger partial charge in [-0.25, -0.2) is 9.97 Å². The van der Waals surface area contributed by atoms with Crippen molar-refractivity contribution in [3.8, 4) is 17.0 Å². The molecule has 2 rings (SSSR count). The molecule has 0 radical (unpaired) electrons. The third kappa shape index (κ3) is 2.90. The minimum Gasteiger partial charge on any atom is -0.496 e. The van der Waals surface area contributed by atoms with Gasteiger partial charge in [0.1, 0.15) is 11.6 Å². The fraction of sp³-hybridized carbons (Fsp3) is 0.333. The highest BCUT2D eigenvalue weighted by molar-refractivity contribution is 5.70. The molecule has 1 aromatic heterocycles. The molecule has 1 aromatic carbocycles. The maximum Gasteiger partial charge on any atom is 0.142 e. The second kappa shape index (κ2) is 5.80. The van der Waals surface area contributed by atoms with Gasteiger partial charge in [0.2, 0.25) is 0 Å². The first-order valence-electron chi connectivity index (χ1n) is 6.28. The van der Waals surface area contributed by atoms with E-state index >= 15 is 0 Å². The molecule has 0 atom stereocenters. The van der Waals surface area contributed by atoms with Gasteiger partial charge in [0.05, 0.1) is 19.3 Å². The van der Waals surface area contributed by atoms with E-state index in [0.717, 1.165) is 28.4 Å². The van der Waals surface area contributed by atoms with Gasteiger partial charge >= 0.3 is 0 Å². The number of methoxy groups -OCH3 is 1. The normalized spacial score (nSPS) is 10.5. The number of benzene rings is 1. The van der Waals surface area contributed by atoms with Crippen LogP contribution in [0.3, 0.4) is 0 Å². The van der Waals surface area contributed by atoms with E-state index in [0.29, 0.717) is 6.54 Å². The SMILES string of the molecule is CNCc1nccc(-c2cc(C)cc(C)c2OC)n1. The van der Waals surface area contributed by atoms with Crippen LogP contribution in [0.1, 0.15) is 17.0 Å². The molecule has 2 aromatic rings. The van der Waals surface area contributed by atoms with Gasteiger partial charge in [-0.2, -0.15) is 0 Å². The molecule has 0 fully saturated rings. The molecule has 0 unspecified atom stereocenters. The molecule has 100 valence electrons. The molecule has 1 N–H and O–H groups in total. The van der Waals surface area contributed by atoms with Crippen LogP contribution < -0.4 is 10.1 Å². The van der Waals surface area contributed by atoms with Crippen molar-refractivity contribution in [3.63, 3.8) is 0 Å². The van der Waals surface area contributed by atoms with Crippen molar-refractivity contribution in [1.29, 1.82) is 0 Å². The Hall–Kier alpha value is -1.94. The molecular weight excluding hydrogens is 238 g/mol. The molecule has 0 aliphatic heterocycles. The van der Waals surface area contributed by atoms with Crippen molar-refractivity contribution in [3.05, 3.63) is 41.3 Å². The van der Waals surface area contributed by atoms with E-state index in [9.17, 15) is 0 Å². The van der Waals surface area contributed by atoms with E-state index in [1.807, 2.05) is 20.0 Å². The summed E-state index contributed by atoms with van der Waals surface area (Å²) in [5.74, 6) is 1.65. The summed E-state index contributed by atoms with van der Waals surface area (Å²) in [4.78, 5) is 8.81. The van der Waals surface area contributed by atoms with Crippen LogP contribution in [0.5, 0.6) is 5.75 Å². The van der Waals surface area contributed by atoms with Crippen LogP contribution in [-0.2, 0) is 6.54 Å². The second-order valence-electron chi connectivity index (χ2n) is 4.55. The van der Waals surface area contributed by atoms with Crippen LogP contribution in [0.15, 0.2) is 24.4 Å². The zero-order valence-electron chi connectivity index (χ0n) is 11.8. The highest BCUT2D eigenvalue weighted by Crippen LogP contribution is 2.32. The molecule has 0 aliphatic rings. The fourth-order valence-corrected chi connectivity index (χ4v) is 2.21. The number of aryl methyl sites for hydroxylation is 2. The zero-order valence-corrected chi connectivity index (χ0v) is 11.8. The Morgan fingerprint density at radius 2 is 2.05 bits per heavy atom. The lowest BCUT2D eigenvalue weighted by Crippen LogP contribution is -2.09. The van der Waals surface area contributed by atoms with Gasteiger partial charge in [-0.15, -0.1) is 0 Å². The van der Waals surface area contributed by atoms with Crippen molar-refractivity contribution in [2.24, 2.45) is 0 Å². The van der Waals surface area contributed by atoms with Crippen molar-refractivity contribution in [2.45, 2.75) is 20.4 Å². The predicted molar refractivity (Wildman–Crippen MR) is 76.3 cm³/mol. The minimum atomic E-state index is 0.654. The van der Waals surface area contributed by atoms with Crippen LogP contribution in [0, 0.1) is 13.8 Å². The molecule has 0 saturated carbocycles. The van der Waals surface area contributed by atoms with Crippen LogP contribution in [-0.4, -0.2) is 24.1 Å². The maximum absolute atomic E-state index is 5.51. The first-order chi connectivity index (χ1) is 9.15. The molecule has 0 amide bonds. The molecule has 4 nitrogen and oxygen atoms in total. The fourth-order valence-electron chi connectivity index (χ4n) is 2.21. The Morgan fingerprint density at radius 1 is 1.26 bits per heavy atom. The largest absolute Gasteiger partial charge is 0.496 e. The number of nitrogens with one attached hydrogen (secondary N) is 1. The van der Waals surface area contributed by atoms with E-state index in [-0.39, 0.29) is 0 Å². The van der Waals surface area contributed by atoms with Gasteiger partial charge in [-0.1, -0.05) is 6.07 Å². The topological polar surface area (TPSA) is 47.0 Å². The molecule has 0 aliphatic carbocycles. The summed E-state index contributed by atoms with van der Waals surface area (Å²) in [6.07, 6.45) is 1.78. The summed E-state index contributed by atoms with van der Waals surface area (Å²) in [5, 5.41) is 3.06. The van der Waals surface area contributed by atoms with Gasteiger partial charge in [-0.3, -0.25) is 0 Å². The van der Waals surface area contributed by atoms with E-state index in [1.54, 1.807) is 13.3 Å². The zero-order chi connectivity index (χ0) is 13.8. The number of rotatable bonds is 4. The van der Waals surface area contributed by atoms with E-state index in [4.69, 9.17) is 4.74 Å². The van der Waals surface area contributed by atoms with Crippen LogP contribution in [0.2, 0.25) is 0 Å². The number of hydrogen-bond donors (Lipinski definition) is 1. The lowest BCUT2D eigenvalue weighted by molar-refractivity contribution is 0.413. The van der Waals surface area contributed by atoms with Gasteiger partial charge in [-0.05, 0) is 44.2 Å². The highest BCUT2D eigenvalue weighted by atomic mass is 16.5. The van der Waals surface area contributed by atoms with E-state index in [1.165, 1.54) is 5.56 Å². The Balaban J connectivity index is 2.54. The average Bonchev–Trinajstić information content (AvgIpc) is 2.38. The van der Waals surface area contributed by atoms with Gasteiger partial charge in [0.15, 0.2) is 0 Å². The number of hydrogen-bond acceptors (Lipinski definition) is 4. The molecule has 0 saturated heterocycles. The van der Waals surface area contributed by atoms with E-state index < -0.39 is 0 Å². The monoisotopic (exact) mass is 257 g/mol. The van der Waals surface area contributed by atoms with E-state index in [2.05, 4.69) is 34.3 Å². The minimum absolute atomic E-state index is 0.654. The Labute approximate surface area is 113 Å². The molecule has 0 bridgehead atoms. The average molecular weight is 257 g/mol. The third-order valence-electron chi connectivity index (χ3n) is 2.94. The summed E-state index contributed by atoms with van der Waals surface area (Å²) >= 11 is 0. The summed E-state index contributed by atoms with van der Waals surface area (Å²) in [6.45, 7) is 4.78. The summed E-state index contributed by atoms with van der Waals surface area (Å²) in [7, 11) is 3.57. The van der Waals surface area contributed by atoms with Crippen molar-refractivity contribution < 1.29 is 4.74 Å². The lowest BCUT2D eigenvalue weighted by atomic mass is 10.0. The van der Waals surface area contributed by atoms with Crippen molar-refractivity contribution in [2.75, 3.05) is 14.2 Å². The quantitative estimate of drug-likeness (QED) is 0.914.